The van der Waals surface area contributed by atoms with Crippen LogP contribution in [-0.4, -0.2) is 30.1 Å². The third-order valence-electron chi connectivity index (χ3n) is 6.13. The number of hydrogen-bond acceptors (Lipinski definition) is 4. The van der Waals surface area contributed by atoms with Gasteiger partial charge in [0.1, 0.15) is 5.76 Å². The smallest absolute Gasteiger partial charge is 0.347 e. The van der Waals surface area contributed by atoms with Gasteiger partial charge in [0.2, 0.25) is 5.66 Å². The molecule has 5 heteroatoms. The molecule has 2 atom stereocenters. The molecule has 0 bridgehead atoms. The van der Waals surface area contributed by atoms with E-state index in [2.05, 4.69) is 10.3 Å². The number of aliphatic carboxylic acids is 1. The minimum Gasteiger partial charge on any atom is -0.501 e. The van der Waals surface area contributed by atoms with E-state index in [4.69, 9.17) is 4.74 Å². The van der Waals surface area contributed by atoms with Crippen molar-refractivity contribution in [3.8, 4) is 0 Å². The second kappa shape index (κ2) is 8.81. The molecule has 2 N–H and O–H groups in total. The number of carbonyl (C=O) groups is 1. The SMILES string of the molecule is COC1=CC=NC(NC(c2ccccc2)(c2ccccc2)c2ccccc2)(C(=O)O)C1C. The molecule has 3 aromatic rings. The van der Waals surface area contributed by atoms with Crippen LogP contribution < -0.4 is 5.32 Å². The van der Waals surface area contributed by atoms with Gasteiger partial charge in [-0.25, -0.2) is 4.79 Å². The maximum absolute atomic E-state index is 12.9. The quantitative estimate of drug-likeness (QED) is 0.542. The standard InChI is InChI=1S/C27H26N2O3/c1-20-24(32-2)18-19-28-27(20,25(30)31)29-26(21-12-6-3-7-13-21,22-14-8-4-9-15-22)23-16-10-5-11-17-23/h3-20,29H,1-2H3,(H,30,31). The Hall–Kier alpha value is -3.70. The predicted molar refractivity (Wildman–Crippen MR) is 125 cm³/mol. The molecule has 4 rings (SSSR count). The van der Waals surface area contributed by atoms with E-state index in [1.54, 1.807) is 13.2 Å². The first-order chi connectivity index (χ1) is 15.5. The molecule has 0 saturated heterocycles. The van der Waals surface area contributed by atoms with E-state index in [1.165, 1.54) is 6.21 Å². The molecular weight excluding hydrogens is 400 g/mol. The van der Waals surface area contributed by atoms with Crippen molar-refractivity contribution < 1.29 is 14.6 Å². The molecule has 0 amide bonds. The molecule has 0 aliphatic carbocycles. The summed E-state index contributed by atoms with van der Waals surface area (Å²) in [6.45, 7) is 1.82. The Balaban J connectivity index is 2.03. The van der Waals surface area contributed by atoms with E-state index < -0.39 is 23.1 Å². The van der Waals surface area contributed by atoms with Crippen molar-refractivity contribution in [1.82, 2.24) is 5.32 Å². The van der Waals surface area contributed by atoms with Crippen molar-refractivity contribution in [3.63, 3.8) is 0 Å². The Morgan fingerprint density at radius 2 is 1.34 bits per heavy atom. The van der Waals surface area contributed by atoms with Gasteiger partial charge in [-0.05, 0) is 22.8 Å². The highest BCUT2D eigenvalue weighted by molar-refractivity contribution is 5.86. The highest BCUT2D eigenvalue weighted by atomic mass is 16.5. The lowest BCUT2D eigenvalue weighted by atomic mass is 9.74. The number of nitrogens with one attached hydrogen (secondary N) is 1. The van der Waals surface area contributed by atoms with Crippen molar-refractivity contribution in [2.45, 2.75) is 18.1 Å². The van der Waals surface area contributed by atoms with Crippen LogP contribution in [-0.2, 0) is 15.1 Å². The first kappa shape index (κ1) is 21.5. The fourth-order valence-corrected chi connectivity index (χ4v) is 4.44. The average Bonchev–Trinajstić information content (AvgIpc) is 2.85. The first-order valence-electron chi connectivity index (χ1n) is 10.5. The summed E-state index contributed by atoms with van der Waals surface area (Å²) >= 11 is 0. The number of dihydropyridines is 1. The van der Waals surface area contributed by atoms with Gasteiger partial charge in [0.05, 0.1) is 18.6 Å². The van der Waals surface area contributed by atoms with Gasteiger partial charge >= 0.3 is 5.97 Å². The molecule has 1 heterocycles. The van der Waals surface area contributed by atoms with Gasteiger partial charge in [0.15, 0.2) is 0 Å². The third-order valence-corrected chi connectivity index (χ3v) is 6.13. The number of allylic oxidation sites excluding steroid dienone is 1. The maximum atomic E-state index is 12.9. The summed E-state index contributed by atoms with van der Waals surface area (Å²) in [6.07, 6.45) is 3.22. The summed E-state index contributed by atoms with van der Waals surface area (Å²) in [6, 6.07) is 29.6. The van der Waals surface area contributed by atoms with E-state index in [0.29, 0.717) is 5.76 Å². The number of carboxylic acids is 1. The number of rotatable bonds is 7. The molecule has 162 valence electrons. The lowest BCUT2D eigenvalue weighted by Gasteiger charge is -2.45. The van der Waals surface area contributed by atoms with E-state index in [-0.39, 0.29) is 0 Å². The third kappa shape index (κ3) is 3.51. The largest absolute Gasteiger partial charge is 0.501 e. The molecule has 5 nitrogen and oxygen atoms in total. The fourth-order valence-electron chi connectivity index (χ4n) is 4.44. The second-order valence-corrected chi connectivity index (χ2v) is 7.82. The van der Waals surface area contributed by atoms with Crippen LogP contribution in [0.2, 0.25) is 0 Å². The van der Waals surface area contributed by atoms with E-state index in [1.807, 2.05) is 97.9 Å². The zero-order chi connectivity index (χ0) is 22.6. The van der Waals surface area contributed by atoms with Crippen molar-refractivity contribution >= 4 is 12.2 Å². The van der Waals surface area contributed by atoms with Gasteiger partial charge in [-0.1, -0.05) is 97.9 Å². The number of hydrogen-bond donors (Lipinski definition) is 2. The summed E-state index contributed by atoms with van der Waals surface area (Å²) < 4.78 is 5.51. The van der Waals surface area contributed by atoms with Crippen LogP contribution in [0.25, 0.3) is 0 Å². The molecule has 0 aromatic heterocycles. The minimum absolute atomic E-state index is 0.550. The minimum atomic E-state index is -1.65. The van der Waals surface area contributed by atoms with Crippen LogP contribution >= 0.6 is 0 Å². The van der Waals surface area contributed by atoms with Gasteiger partial charge in [-0.3, -0.25) is 10.3 Å². The highest BCUT2D eigenvalue weighted by Crippen LogP contribution is 2.42. The van der Waals surface area contributed by atoms with Crippen molar-refractivity contribution in [1.29, 1.82) is 0 Å². The molecule has 2 unspecified atom stereocenters. The summed E-state index contributed by atoms with van der Waals surface area (Å²) in [4.78, 5) is 17.4. The van der Waals surface area contributed by atoms with Gasteiger partial charge in [-0.2, -0.15) is 0 Å². The molecule has 0 radical (unpaired) electrons. The van der Waals surface area contributed by atoms with Crippen LogP contribution in [0.15, 0.2) is 108 Å². The van der Waals surface area contributed by atoms with Crippen LogP contribution in [0.1, 0.15) is 23.6 Å². The van der Waals surface area contributed by atoms with Crippen molar-refractivity contribution in [2.75, 3.05) is 7.11 Å². The predicted octanol–water partition coefficient (Wildman–Crippen LogP) is 4.60. The molecule has 32 heavy (non-hydrogen) atoms. The van der Waals surface area contributed by atoms with E-state index in [0.717, 1.165) is 16.7 Å². The number of carboxylic acid groups (broad SMARTS) is 1. The van der Waals surface area contributed by atoms with Gasteiger partial charge in [0.25, 0.3) is 0 Å². The number of nitrogens with zero attached hydrogens (tertiary/aromatic N) is 1. The Labute approximate surface area is 188 Å². The zero-order valence-corrected chi connectivity index (χ0v) is 18.1. The topological polar surface area (TPSA) is 70.9 Å². The van der Waals surface area contributed by atoms with Crippen molar-refractivity contribution in [2.24, 2.45) is 10.9 Å². The first-order valence-corrected chi connectivity index (χ1v) is 10.5. The zero-order valence-electron chi connectivity index (χ0n) is 18.1. The Bertz CT molecular complexity index is 1030. The summed E-state index contributed by atoms with van der Waals surface area (Å²) in [5, 5.41) is 14.0. The average molecular weight is 427 g/mol. The molecule has 0 saturated carbocycles. The summed E-state index contributed by atoms with van der Waals surface area (Å²) in [5.74, 6) is -1.07. The fraction of sp³-hybridized carbons (Fsp3) is 0.185. The Morgan fingerprint density at radius 1 is 0.906 bits per heavy atom. The second-order valence-electron chi connectivity index (χ2n) is 7.82. The number of benzene rings is 3. The lowest BCUT2D eigenvalue weighted by Crippen LogP contribution is -2.64. The van der Waals surface area contributed by atoms with E-state index >= 15 is 0 Å². The molecule has 0 fully saturated rings. The highest BCUT2D eigenvalue weighted by Gasteiger charge is 2.53. The monoisotopic (exact) mass is 426 g/mol. The van der Waals surface area contributed by atoms with Crippen LogP contribution in [0, 0.1) is 5.92 Å². The molecule has 1 aliphatic heterocycles. The normalized spacial score (nSPS) is 20.4. The van der Waals surface area contributed by atoms with E-state index in [9.17, 15) is 9.90 Å². The van der Waals surface area contributed by atoms with Crippen LogP contribution in [0.3, 0.4) is 0 Å². The number of ether oxygens (including phenoxy) is 1. The Kier molecular flexibility index (Phi) is 5.93. The molecular formula is C27H26N2O3. The maximum Gasteiger partial charge on any atom is 0.347 e. The van der Waals surface area contributed by atoms with Gasteiger partial charge in [0, 0.05) is 6.21 Å². The number of aliphatic imine (C=N–C) groups is 1. The number of methoxy groups -OCH3 is 1. The molecule has 0 spiro atoms. The lowest BCUT2D eigenvalue weighted by molar-refractivity contribution is -0.147. The van der Waals surface area contributed by atoms with Gasteiger partial charge < -0.3 is 9.84 Å². The van der Waals surface area contributed by atoms with Crippen LogP contribution in [0.4, 0.5) is 0 Å². The Morgan fingerprint density at radius 3 is 1.72 bits per heavy atom. The van der Waals surface area contributed by atoms with Gasteiger partial charge in [-0.15, -0.1) is 0 Å². The van der Waals surface area contributed by atoms with Crippen molar-refractivity contribution in [3.05, 3.63) is 120 Å². The molecule has 3 aromatic carbocycles. The van der Waals surface area contributed by atoms with Crippen LogP contribution in [0.5, 0.6) is 0 Å². The molecule has 1 aliphatic rings. The summed E-state index contributed by atoms with van der Waals surface area (Å²) in [5.41, 5.74) is 0.0998. The summed E-state index contributed by atoms with van der Waals surface area (Å²) in [7, 11) is 1.55.